The summed E-state index contributed by atoms with van der Waals surface area (Å²) in [5, 5.41) is 9.14. The fourth-order valence-corrected chi connectivity index (χ4v) is 3.78. The van der Waals surface area contributed by atoms with Crippen molar-refractivity contribution in [2.24, 2.45) is 15.8 Å². The number of hydrazine groups is 1. The highest BCUT2D eigenvalue weighted by molar-refractivity contribution is 6.03. The molecule has 5 N–H and O–H groups in total. The molecule has 1 amide bonds. The molecule has 3 heterocycles. The SMILES string of the molecule is C=C(F)C(=NC(N)=NNC(=O)c1ccc(Nc2ccc(N3CCCCN3)cc2)cn1)N1CCOCC1. The van der Waals surface area contributed by atoms with Crippen molar-refractivity contribution < 1.29 is 13.9 Å². The van der Waals surface area contributed by atoms with E-state index in [0.717, 1.165) is 30.2 Å². The van der Waals surface area contributed by atoms with Crippen molar-refractivity contribution in [1.29, 1.82) is 0 Å². The molecule has 2 aromatic rings. The Hall–Kier alpha value is -4.03. The maximum absolute atomic E-state index is 13.8. The summed E-state index contributed by atoms with van der Waals surface area (Å²) >= 11 is 0. The molecule has 1 aromatic carbocycles. The third kappa shape index (κ3) is 6.77. The van der Waals surface area contributed by atoms with Crippen LogP contribution in [0.4, 0.5) is 21.5 Å². The number of aromatic nitrogens is 1. The van der Waals surface area contributed by atoms with E-state index in [2.05, 4.69) is 42.8 Å². The summed E-state index contributed by atoms with van der Waals surface area (Å²) in [6.07, 6.45) is 3.91. The molecule has 0 atom stereocenters. The molecule has 0 bridgehead atoms. The van der Waals surface area contributed by atoms with Gasteiger partial charge in [0.25, 0.3) is 5.91 Å². The van der Waals surface area contributed by atoms with Crippen LogP contribution in [0.25, 0.3) is 0 Å². The smallest absolute Gasteiger partial charge is 0.290 e. The second-order valence-electron chi connectivity index (χ2n) is 8.22. The van der Waals surface area contributed by atoms with E-state index in [0.29, 0.717) is 26.3 Å². The van der Waals surface area contributed by atoms with Gasteiger partial charge < -0.3 is 25.7 Å². The van der Waals surface area contributed by atoms with Gasteiger partial charge in [0.05, 0.1) is 30.8 Å². The fraction of sp³-hybridized carbons (Fsp3) is 0.333. The van der Waals surface area contributed by atoms with E-state index in [9.17, 15) is 9.18 Å². The molecular weight excluding hydrogens is 465 g/mol. The lowest BCUT2D eigenvalue weighted by Crippen LogP contribution is -2.43. The largest absolute Gasteiger partial charge is 0.378 e. The van der Waals surface area contributed by atoms with Gasteiger partial charge in [0, 0.05) is 31.9 Å². The molecule has 36 heavy (non-hydrogen) atoms. The van der Waals surface area contributed by atoms with Gasteiger partial charge >= 0.3 is 0 Å². The lowest BCUT2D eigenvalue weighted by molar-refractivity contribution is 0.0678. The number of amidine groups is 1. The van der Waals surface area contributed by atoms with E-state index < -0.39 is 11.7 Å². The second-order valence-corrected chi connectivity index (χ2v) is 8.22. The molecule has 12 heteroatoms. The van der Waals surface area contributed by atoms with Crippen molar-refractivity contribution in [2.75, 3.05) is 49.7 Å². The maximum Gasteiger partial charge on any atom is 0.290 e. The number of amides is 1. The summed E-state index contributed by atoms with van der Waals surface area (Å²) in [7, 11) is 0. The Labute approximate surface area is 208 Å². The Bertz CT molecular complexity index is 1110. The Kier molecular flexibility index (Phi) is 8.42. The van der Waals surface area contributed by atoms with Crippen LogP contribution in [0.2, 0.25) is 0 Å². The summed E-state index contributed by atoms with van der Waals surface area (Å²) in [6.45, 7) is 7.05. The number of nitrogens with zero attached hydrogens (tertiary/aromatic N) is 5. The molecule has 0 saturated carbocycles. The number of ether oxygens (including phenoxy) is 1. The minimum absolute atomic E-state index is 0.0393. The number of hydrogen-bond acceptors (Lipinski definition) is 7. The van der Waals surface area contributed by atoms with Gasteiger partial charge in [0.15, 0.2) is 11.7 Å². The van der Waals surface area contributed by atoms with Gasteiger partial charge in [0.2, 0.25) is 5.96 Å². The monoisotopic (exact) mass is 495 g/mol. The maximum atomic E-state index is 13.8. The molecule has 2 fully saturated rings. The lowest BCUT2D eigenvalue weighted by atomic mass is 10.2. The van der Waals surface area contributed by atoms with Gasteiger partial charge in [-0.15, -0.1) is 5.10 Å². The summed E-state index contributed by atoms with van der Waals surface area (Å²) < 4.78 is 19.1. The Morgan fingerprint density at radius 1 is 1.11 bits per heavy atom. The van der Waals surface area contributed by atoms with Crippen molar-refractivity contribution in [3.63, 3.8) is 0 Å². The van der Waals surface area contributed by atoms with Gasteiger partial charge in [-0.05, 0) is 49.2 Å². The molecule has 0 unspecified atom stereocenters. The molecule has 2 aliphatic rings. The number of carbonyl (C=O) groups is 1. The third-order valence-corrected chi connectivity index (χ3v) is 5.62. The molecule has 0 spiro atoms. The van der Waals surface area contributed by atoms with E-state index >= 15 is 0 Å². The number of carbonyl (C=O) groups excluding carboxylic acids is 1. The van der Waals surface area contributed by atoms with Crippen LogP contribution in [0, 0.1) is 0 Å². The number of anilines is 3. The number of nitrogens with one attached hydrogen (secondary N) is 3. The van der Waals surface area contributed by atoms with Gasteiger partial charge in [-0.1, -0.05) is 6.58 Å². The van der Waals surface area contributed by atoms with E-state index in [-0.39, 0.29) is 17.5 Å². The zero-order valence-corrected chi connectivity index (χ0v) is 19.9. The molecule has 2 saturated heterocycles. The predicted molar refractivity (Wildman–Crippen MR) is 138 cm³/mol. The first-order valence-corrected chi connectivity index (χ1v) is 11.7. The summed E-state index contributed by atoms with van der Waals surface area (Å²) in [4.78, 5) is 22.2. The number of rotatable bonds is 6. The van der Waals surface area contributed by atoms with Gasteiger partial charge in [-0.3, -0.25) is 4.79 Å². The third-order valence-electron chi connectivity index (χ3n) is 5.62. The number of hydrogen-bond donors (Lipinski definition) is 4. The van der Waals surface area contributed by atoms with Crippen molar-refractivity contribution >= 4 is 34.8 Å². The van der Waals surface area contributed by atoms with Crippen molar-refractivity contribution in [3.05, 3.63) is 60.7 Å². The highest BCUT2D eigenvalue weighted by Crippen LogP contribution is 2.21. The first-order chi connectivity index (χ1) is 17.5. The highest BCUT2D eigenvalue weighted by atomic mass is 19.1. The fourth-order valence-electron chi connectivity index (χ4n) is 3.78. The standard InChI is InChI=1S/C24H30FN9O2/c1-17(25)22(33-12-14-36-15-13-33)30-24(26)32-31-23(35)21-9-6-19(16-27-21)29-18-4-7-20(8-5-18)34-11-3-2-10-28-34/h4-9,16,28-29H,1-3,10-15H2,(H2,26,32)(H,31,35). The van der Waals surface area contributed by atoms with Crippen LogP contribution < -0.4 is 26.9 Å². The lowest BCUT2D eigenvalue weighted by Gasteiger charge is -2.29. The topological polar surface area (TPSA) is 132 Å². The van der Waals surface area contributed by atoms with Crippen LogP contribution >= 0.6 is 0 Å². The van der Waals surface area contributed by atoms with Gasteiger partial charge in [0.1, 0.15) is 5.69 Å². The average Bonchev–Trinajstić information content (AvgIpc) is 2.92. The molecule has 4 rings (SSSR count). The number of nitrogens with two attached hydrogens (primary N) is 1. The molecule has 190 valence electrons. The Balaban J connectivity index is 1.32. The minimum atomic E-state index is -0.746. The van der Waals surface area contributed by atoms with Crippen molar-refractivity contribution in [1.82, 2.24) is 20.7 Å². The Morgan fingerprint density at radius 2 is 1.86 bits per heavy atom. The van der Waals surface area contributed by atoms with E-state index in [1.54, 1.807) is 23.2 Å². The molecular formula is C24H30FN9O2. The number of pyridine rings is 1. The van der Waals surface area contributed by atoms with Crippen LogP contribution in [0.15, 0.2) is 65.1 Å². The van der Waals surface area contributed by atoms with Crippen LogP contribution in [0.3, 0.4) is 0 Å². The summed E-state index contributed by atoms with van der Waals surface area (Å²) in [5.74, 6) is -1.68. The predicted octanol–water partition coefficient (Wildman–Crippen LogP) is 2.10. The zero-order chi connectivity index (χ0) is 25.3. The Morgan fingerprint density at radius 3 is 2.50 bits per heavy atom. The van der Waals surface area contributed by atoms with Crippen LogP contribution in [-0.4, -0.2) is 67.0 Å². The highest BCUT2D eigenvalue weighted by Gasteiger charge is 2.18. The normalized spacial score (nSPS) is 17.0. The molecule has 0 radical (unpaired) electrons. The average molecular weight is 496 g/mol. The number of morpholine rings is 1. The van der Waals surface area contributed by atoms with Crippen LogP contribution in [0.1, 0.15) is 23.3 Å². The van der Waals surface area contributed by atoms with Gasteiger partial charge in [-0.25, -0.2) is 20.2 Å². The first kappa shape index (κ1) is 25.1. The first-order valence-electron chi connectivity index (χ1n) is 11.7. The van der Waals surface area contributed by atoms with Crippen molar-refractivity contribution in [3.8, 4) is 0 Å². The second kappa shape index (κ2) is 12.1. The number of benzene rings is 1. The van der Waals surface area contributed by atoms with Crippen molar-refractivity contribution in [2.45, 2.75) is 12.8 Å². The van der Waals surface area contributed by atoms with Crippen LogP contribution in [0.5, 0.6) is 0 Å². The molecule has 0 aliphatic carbocycles. The van der Waals surface area contributed by atoms with E-state index in [1.165, 1.54) is 12.8 Å². The van der Waals surface area contributed by atoms with Gasteiger partial charge in [-0.2, -0.15) is 4.99 Å². The van der Waals surface area contributed by atoms with E-state index in [4.69, 9.17) is 10.5 Å². The zero-order valence-electron chi connectivity index (χ0n) is 19.9. The molecule has 11 nitrogen and oxygen atoms in total. The molecule has 1 aromatic heterocycles. The van der Waals surface area contributed by atoms with Crippen LogP contribution in [-0.2, 0) is 4.74 Å². The number of aliphatic imine (C=N–C) groups is 1. The number of guanidine groups is 1. The summed E-state index contributed by atoms with van der Waals surface area (Å²) in [5.41, 5.74) is 14.3. The number of hydrazone groups is 1. The molecule has 2 aliphatic heterocycles. The number of halogens is 1. The quantitative estimate of drug-likeness (QED) is 0.272. The minimum Gasteiger partial charge on any atom is -0.378 e. The summed E-state index contributed by atoms with van der Waals surface area (Å²) in [6, 6.07) is 11.4. The van der Waals surface area contributed by atoms with E-state index in [1.807, 2.05) is 24.3 Å².